The summed E-state index contributed by atoms with van der Waals surface area (Å²) >= 11 is 2.02. The standard InChI is InChI=1S/C13H8FIN2O3/c14-10-6-5-8(17(19)20)7-9(10)13(18)16-12-4-2-1-3-11(12)15/h1-7H,(H,16,18). The third-order valence-electron chi connectivity index (χ3n) is 2.53. The highest BCUT2D eigenvalue weighted by Crippen LogP contribution is 2.21. The van der Waals surface area contributed by atoms with Crippen molar-refractivity contribution < 1.29 is 14.1 Å². The number of anilines is 1. The molecule has 5 nitrogen and oxygen atoms in total. The quantitative estimate of drug-likeness (QED) is 0.498. The van der Waals surface area contributed by atoms with Gasteiger partial charge in [0.15, 0.2) is 0 Å². The van der Waals surface area contributed by atoms with E-state index >= 15 is 0 Å². The first kappa shape index (κ1) is 14.4. The predicted octanol–water partition coefficient (Wildman–Crippen LogP) is 3.59. The van der Waals surface area contributed by atoms with E-state index < -0.39 is 16.6 Å². The molecular weight excluding hydrogens is 378 g/mol. The molecule has 0 aliphatic rings. The highest BCUT2D eigenvalue weighted by Gasteiger charge is 2.17. The molecule has 0 spiro atoms. The zero-order valence-electron chi connectivity index (χ0n) is 9.97. The van der Waals surface area contributed by atoms with E-state index in [-0.39, 0.29) is 11.3 Å². The van der Waals surface area contributed by atoms with Gasteiger partial charge in [0.25, 0.3) is 11.6 Å². The molecule has 0 bridgehead atoms. The number of rotatable bonds is 3. The average Bonchev–Trinajstić information content (AvgIpc) is 2.41. The van der Waals surface area contributed by atoms with Gasteiger partial charge < -0.3 is 5.32 Å². The topological polar surface area (TPSA) is 72.2 Å². The first-order valence-electron chi connectivity index (χ1n) is 5.49. The summed E-state index contributed by atoms with van der Waals surface area (Å²) in [4.78, 5) is 22.0. The van der Waals surface area contributed by atoms with Gasteiger partial charge in [0.1, 0.15) is 5.82 Å². The van der Waals surface area contributed by atoms with Gasteiger partial charge in [-0.2, -0.15) is 0 Å². The van der Waals surface area contributed by atoms with E-state index in [1.54, 1.807) is 24.3 Å². The highest BCUT2D eigenvalue weighted by atomic mass is 127. The van der Waals surface area contributed by atoms with Crippen molar-refractivity contribution in [3.63, 3.8) is 0 Å². The van der Waals surface area contributed by atoms with E-state index in [2.05, 4.69) is 5.32 Å². The van der Waals surface area contributed by atoms with Crippen molar-refractivity contribution in [2.24, 2.45) is 0 Å². The maximum atomic E-state index is 13.6. The number of amides is 1. The largest absolute Gasteiger partial charge is 0.321 e. The second kappa shape index (κ2) is 5.95. The molecule has 0 aliphatic carbocycles. The second-order valence-electron chi connectivity index (χ2n) is 3.86. The van der Waals surface area contributed by atoms with Crippen molar-refractivity contribution in [1.29, 1.82) is 0 Å². The molecule has 2 rings (SSSR count). The Hall–Kier alpha value is -2.03. The molecular formula is C13H8FIN2O3. The molecule has 0 saturated heterocycles. The number of halogens is 2. The van der Waals surface area contributed by atoms with E-state index in [1.165, 1.54) is 0 Å². The summed E-state index contributed by atoms with van der Waals surface area (Å²) in [5.74, 6) is -1.53. The number of nitro groups is 1. The van der Waals surface area contributed by atoms with E-state index in [0.717, 1.165) is 21.8 Å². The molecule has 0 saturated carbocycles. The normalized spacial score (nSPS) is 10.1. The third-order valence-corrected chi connectivity index (χ3v) is 3.47. The van der Waals surface area contributed by atoms with Crippen molar-refractivity contribution in [1.82, 2.24) is 0 Å². The zero-order valence-corrected chi connectivity index (χ0v) is 12.1. The molecule has 2 aromatic carbocycles. The van der Waals surface area contributed by atoms with Gasteiger partial charge >= 0.3 is 0 Å². The molecule has 0 heterocycles. The minimum Gasteiger partial charge on any atom is -0.321 e. The SMILES string of the molecule is O=C(Nc1ccccc1I)c1cc([N+](=O)[O-])ccc1F. The van der Waals surface area contributed by atoms with E-state index in [0.29, 0.717) is 5.69 Å². The smallest absolute Gasteiger partial charge is 0.270 e. The first-order chi connectivity index (χ1) is 9.49. The van der Waals surface area contributed by atoms with Gasteiger partial charge in [-0.05, 0) is 40.8 Å². The van der Waals surface area contributed by atoms with Gasteiger partial charge in [-0.1, -0.05) is 12.1 Å². The van der Waals surface area contributed by atoms with Crippen molar-refractivity contribution >= 4 is 39.9 Å². The Bertz CT molecular complexity index is 691. The summed E-state index contributed by atoms with van der Waals surface area (Å²) in [6.45, 7) is 0. The monoisotopic (exact) mass is 386 g/mol. The predicted molar refractivity (Wildman–Crippen MR) is 80.2 cm³/mol. The maximum Gasteiger partial charge on any atom is 0.270 e. The van der Waals surface area contributed by atoms with Crippen LogP contribution < -0.4 is 5.32 Å². The zero-order chi connectivity index (χ0) is 14.7. The molecule has 1 amide bonds. The molecule has 0 atom stereocenters. The summed E-state index contributed by atoms with van der Waals surface area (Å²) in [6, 6.07) is 9.80. The van der Waals surface area contributed by atoms with Crippen LogP contribution in [-0.2, 0) is 0 Å². The van der Waals surface area contributed by atoms with Gasteiger partial charge in [-0.15, -0.1) is 0 Å². The number of carbonyl (C=O) groups is 1. The van der Waals surface area contributed by atoms with E-state index in [4.69, 9.17) is 0 Å². The minimum absolute atomic E-state index is 0.334. The van der Waals surface area contributed by atoms with Gasteiger partial charge in [-0.25, -0.2) is 4.39 Å². The molecule has 102 valence electrons. The summed E-state index contributed by atoms with van der Waals surface area (Å²) in [7, 11) is 0. The lowest BCUT2D eigenvalue weighted by molar-refractivity contribution is -0.384. The van der Waals surface area contributed by atoms with Crippen LogP contribution in [0.5, 0.6) is 0 Å². The lowest BCUT2D eigenvalue weighted by Gasteiger charge is -2.07. The fourth-order valence-electron chi connectivity index (χ4n) is 1.55. The van der Waals surface area contributed by atoms with Crippen molar-refractivity contribution in [2.75, 3.05) is 5.32 Å². The van der Waals surface area contributed by atoms with Crippen molar-refractivity contribution in [3.8, 4) is 0 Å². The second-order valence-corrected chi connectivity index (χ2v) is 5.02. The van der Waals surface area contributed by atoms with Crippen LogP contribution in [0.4, 0.5) is 15.8 Å². The fraction of sp³-hybridized carbons (Fsp3) is 0. The highest BCUT2D eigenvalue weighted by molar-refractivity contribution is 14.1. The summed E-state index contributed by atoms with van der Waals surface area (Å²) in [5, 5.41) is 13.2. The lowest BCUT2D eigenvalue weighted by Crippen LogP contribution is -2.14. The Morgan fingerprint density at radius 2 is 1.95 bits per heavy atom. The van der Waals surface area contributed by atoms with Crippen LogP contribution in [0, 0.1) is 19.5 Å². The van der Waals surface area contributed by atoms with Gasteiger partial charge in [0.05, 0.1) is 16.2 Å². The van der Waals surface area contributed by atoms with Crippen LogP contribution in [0.3, 0.4) is 0 Å². The van der Waals surface area contributed by atoms with Crippen molar-refractivity contribution in [3.05, 3.63) is 67.5 Å². The molecule has 1 N–H and O–H groups in total. The lowest BCUT2D eigenvalue weighted by atomic mass is 10.1. The summed E-state index contributed by atoms with van der Waals surface area (Å²) in [6.07, 6.45) is 0. The van der Waals surface area contributed by atoms with Crippen LogP contribution >= 0.6 is 22.6 Å². The van der Waals surface area contributed by atoms with Crippen molar-refractivity contribution in [2.45, 2.75) is 0 Å². The van der Waals surface area contributed by atoms with Gasteiger partial charge in [0, 0.05) is 15.7 Å². The number of nitrogens with zero attached hydrogens (tertiary/aromatic N) is 1. The number of carbonyl (C=O) groups excluding carboxylic acids is 1. The molecule has 7 heteroatoms. The number of nitrogens with one attached hydrogen (secondary N) is 1. The van der Waals surface area contributed by atoms with E-state index in [9.17, 15) is 19.3 Å². The molecule has 0 fully saturated rings. The Morgan fingerprint density at radius 1 is 1.25 bits per heavy atom. The molecule has 2 aromatic rings. The molecule has 0 radical (unpaired) electrons. The number of nitro benzene ring substituents is 1. The van der Waals surface area contributed by atoms with Gasteiger partial charge in [0.2, 0.25) is 0 Å². The number of non-ortho nitro benzene ring substituents is 1. The fourth-order valence-corrected chi connectivity index (χ4v) is 2.08. The minimum atomic E-state index is -0.806. The molecule has 0 unspecified atom stereocenters. The van der Waals surface area contributed by atoms with Crippen LogP contribution in [0.1, 0.15) is 10.4 Å². The summed E-state index contributed by atoms with van der Waals surface area (Å²) < 4.78 is 14.4. The number of benzene rings is 2. The first-order valence-corrected chi connectivity index (χ1v) is 6.56. The van der Waals surface area contributed by atoms with Crippen LogP contribution in [0.15, 0.2) is 42.5 Å². The van der Waals surface area contributed by atoms with Gasteiger partial charge in [-0.3, -0.25) is 14.9 Å². The Kier molecular flexibility index (Phi) is 4.28. The average molecular weight is 386 g/mol. The third kappa shape index (κ3) is 3.10. The number of hydrogen-bond donors (Lipinski definition) is 1. The molecule has 0 aliphatic heterocycles. The van der Waals surface area contributed by atoms with Crippen LogP contribution in [-0.4, -0.2) is 10.8 Å². The molecule has 0 aromatic heterocycles. The Balaban J connectivity index is 2.32. The maximum absolute atomic E-state index is 13.6. The van der Waals surface area contributed by atoms with Crippen LogP contribution in [0.2, 0.25) is 0 Å². The Labute approximate surface area is 127 Å². The number of hydrogen-bond acceptors (Lipinski definition) is 3. The van der Waals surface area contributed by atoms with E-state index in [1.807, 2.05) is 22.6 Å². The molecule has 20 heavy (non-hydrogen) atoms. The Morgan fingerprint density at radius 3 is 2.60 bits per heavy atom. The number of para-hydroxylation sites is 1. The van der Waals surface area contributed by atoms with Crippen LogP contribution in [0.25, 0.3) is 0 Å². The summed E-state index contributed by atoms with van der Waals surface area (Å²) in [5.41, 5.74) is -0.179.